The third kappa shape index (κ3) is 2.80. The normalized spacial score (nSPS) is 26.9. The van der Waals surface area contributed by atoms with E-state index in [1.54, 1.807) is 11.3 Å². The first-order chi connectivity index (χ1) is 6.84. The van der Waals surface area contributed by atoms with Gasteiger partial charge in [-0.2, -0.15) is 0 Å². The minimum Gasteiger partial charge on any atom is -0.374 e. The quantitative estimate of drug-likeness (QED) is 0.825. The first-order valence-electron chi connectivity index (χ1n) is 5.23. The Morgan fingerprint density at radius 3 is 3.14 bits per heavy atom. The SMILES string of the molecule is CC1CCC(CNCc2cccs2)O1. The van der Waals surface area contributed by atoms with Gasteiger partial charge < -0.3 is 10.1 Å². The van der Waals surface area contributed by atoms with Gasteiger partial charge in [0.15, 0.2) is 0 Å². The Bertz CT molecular complexity index is 260. The Hall–Kier alpha value is -0.380. The van der Waals surface area contributed by atoms with Crippen LogP contribution in [0.1, 0.15) is 24.6 Å². The molecule has 1 aliphatic rings. The second-order valence-electron chi connectivity index (χ2n) is 3.86. The zero-order valence-electron chi connectivity index (χ0n) is 8.53. The molecule has 1 saturated heterocycles. The molecule has 0 amide bonds. The third-order valence-electron chi connectivity index (χ3n) is 2.57. The highest BCUT2D eigenvalue weighted by atomic mass is 32.1. The van der Waals surface area contributed by atoms with Crippen molar-refractivity contribution in [2.24, 2.45) is 0 Å². The average Bonchev–Trinajstić information content (AvgIpc) is 2.77. The van der Waals surface area contributed by atoms with Crippen LogP contribution in [0.25, 0.3) is 0 Å². The van der Waals surface area contributed by atoms with E-state index < -0.39 is 0 Å². The molecule has 0 bridgehead atoms. The van der Waals surface area contributed by atoms with Gasteiger partial charge >= 0.3 is 0 Å². The van der Waals surface area contributed by atoms with Crippen LogP contribution in [0.5, 0.6) is 0 Å². The Kier molecular flexibility index (Phi) is 3.56. The Labute approximate surface area is 89.3 Å². The molecule has 1 fully saturated rings. The van der Waals surface area contributed by atoms with Gasteiger partial charge in [-0.3, -0.25) is 0 Å². The highest BCUT2D eigenvalue weighted by Gasteiger charge is 2.20. The lowest BCUT2D eigenvalue weighted by Gasteiger charge is -2.11. The van der Waals surface area contributed by atoms with Crippen LogP contribution in [0.2, 0.25) is 0 Å². The van der Waals surface area contributed by atoms with Crippen molar-refractivity contribution in [3.63, 3.8) is 0 Å². The number of thiophene rings is 1. The van der Waals surface area contributed by atoms with Crippen LogP contribution in [-0.4, -0.2) is 18.8 Å². The Morgan fingerprint density at radius 1 is 1.57 bits per heavy atom. The van der Waals surface area contributed by atoms with Crippen molar-refractivity contribution in [2.45, 2.75) is 38.5 Å². The van der Waals surface area contributed by atoms with Crippen LogP contribution >= 0.6 is 11.3 Å². The van der Waals surface area contributed by atoms with Crippen LogP contribution in [0.3, 0.4) is 0 Å². The van der Waals surface area contributed by atoms with Gasteiger partial charge in [0, 0.05) is 18.0 Å². The summed E-state index contributed by atoms with van der Waals surface area (Å²) in [4.78, 5) is 1.40. The smallest absolute Gasteiger partial charge is 0.0704 e. The summed E-state index contributed by atoms with van der Waals surface area (Å²) in [6.07, 6.45) is 3.32. The zero-order valence-corrected chi connectivity index (χ0v) is 9.35. The summed E-state index contributed by atoms with van der Waals surface area (Å²) in [6, 6.07) is 4.26. The molecule has 78 valence electrons. The van der Waals surface area contributed by atoms with E-state index in [2.05, 4.69) is 29.8 Å². The molecule has 2 nitrogen and oxygen atoms in total. The molecule has 1 aromatic rings. The molecule has 1 N–H and O–H groups in total. The van der Waals surface area contributed by atoms with E-state index in [1.165, 1.54) is 17.7 Å². The fraction of sp³-hybridized carbons (Fsp3) is 0.636. The highest BCUT2D eigenvalue weighted by molar-refractivity contribution is 7.09. The van der Waals surface area contributed by atoms with Gasteiger partial charge in [-0.1, -0.05) is 6.07 Å². The van der Waals surface area contributed by atoms with Crippen molar-refractivity contribution in [1.29, 1.82) is 0 Å². The standard InChI is InChI=1S/C11H17NOS/c1-9-4-5-10(13-9)7-12-8-11-3-2-6-14-11/h2-3,6,9-10,12H,4-5,7-8H2,1H3. The maximum Gasteiger partial charge on any atom is 0.0704 e. The largest absolute Gasteiger partial charge is 0.374 e. The van der Waals surface area contributed by atoms with Gasteiger partial charge in [-0.15, -0.1) is 11.3 Å². The maximum absolute atomic E-state index is 5.72. The number of ether oxygens (including phenoxy) is 1. The van der Waals surface area contributed by atoms with Gasteiger partial charge in [0.05, 0.1) is 12.2 Å². The first kappa shape index (κ1) is 10.1. The molecule has 2 heterocycles. The molecular weight excluding hydrogens is 194 g/mol. The molecule has 2 unspecified atom stereocenters. The van der Waals surface area contributed by atoms with Crippen molar-refractivity contribution in [1.82, 2.24) is 5.32 Å². The van der Waals surface area contributed by atoms with Crippen LogP contribution < -0.4 is 5.32 Å². The number of rotatable bonds is 4. The summed E-state index contributed by atoms with van der Waals surface area (Å²) in [7, 11) is 0. The van der Waals surface area contributed by atoms with Gasteiger partial charge in [-0.05, 0) is 31.2 Å². The average molecular weight is 211 g/mol. The van der Waals surface area contributed by atoms with Crippen LogP contribution in [-0.2, 0) is 11.3 Å². The molecule has 3 heteroatoms. The Balaban J connectivity index is 1.64. The number of hydrogen-bond acceptors (Lipinski definition) is 3. The molecule has 1 aromatic heterocycles. The van der Waals surface area contributed by atoms with Crippen molar-refractivity contribution >= 4 is 11.3 Å². The predicted molar refractivity (Wildman–Crippen MR) is 59.6 cm³/mol. The fourth-order valence-electron chi connectivity index (χ4n) is 1.80. The maximum atomic E-state index is 5.72. The van der Waals surface area contributed by atoms with Gasteiger partial charge in [0.1, 0.15) is 0 Å². The summed E-state index contributed by atoms with van der Waals surface area (Å²) in [6.45, 7) is 4.12. The molecule has 14 heavy (non-hydrogen) atoms. The molecule has 0 saturated carbocycles. The van der Waals surface area contributed by atoms with E-state index in [1.807, 2.05) is 0 Å². The van der Waals surface area contributed by atoms with E-state index >= 15 is 0 Å². The molecular formula is C11H17NOS. The molecule has 0 aliphatic carbocycles. The van der Waals surface area contributed by atoms with Gasteiger partial charge in [0.25, 0.3) is 0 Å². The minimum atomic E-state index is 0.435. The van der Waals surface area contributed by atoms with E-state index in [-0.39, 0.29) is 0 Å². The minimum absolute atomic E-state index is 0.435. The molecule has 2 atom stereocenters. The highest BCUT2D eigenvalue weighted by Crippen LogP contribution is 2.18. The predicted octanol–water partition coefficient (Wildman–Crippen LogP) is 2.41. The first-order valence-corrected chi connectivity index (χ1v) is 6.11. The summed E-state index contributed by atoms with van der Waals surface area (Å²) in [5, 5.41) is 5.55. The Morgan fingerprint density at radius 2 is 2.50 bits per heavy atom. The molecule has 0 radical (unpaired) electrons. The van der Waals surface area contributed by atoms with E-state index in [9.17, 15) is 0 Å². The fourth-order valence-corrected chi connectivity index (χ4v) is 2.48. The monoisotopic (exact) mass is 211 g/mol. The van der Waals surface area contributed by atoms with E-state index in [0.29, 0.717) is 12.2 Å². The van der Waals surface area contributed by atoms with Crippen LogP contribution in [0, 0.1) is 0 Å². The van der Waals surface area contributed by atoms with Crippen LogP contribution in [0.15, 0.2) is 17.5 Å². The van der Waals surface area contributed by atoms with Crippen molar-refractivity contribution in [3.8, 4) is 0 Å². The van der Waals surface area contributed by atoms with Crippen molar-refractivity contribution in [3.05, 3.63) is 22.4 Å². The second-order valence-corrected chi connectivity index (χ2v) is 4.89. The van der Waals surface area contributed by atoms with Crippen molar-refractivity contribution < 1.29 is 4.74 Å². The lowest BCUT2D eigenvalue weighted by Crippen LogP contribution is -2.26. The topological polar surface area (TPSA) is 21.3 Å². The van der Waals surface area contributed by atoms with Gasteiger partial charge in [0.2, 0.25) is 0 Å². The summed E-state index contributed by atoms with van der Waals surface area (Å²) >= 11 is 1.80. The lowest BCUT2D eigenvalue weighted by molar-refractivity contribution is 0.0559. The molecule has 2 rings (SSSR count). The van der Waals surface area contributed by atoms with Crippen molar-refractivity contribution in [2.75, 3.05) is 6.54 Å². The summed E-state index contributed by atoms with van der Waals surface area (Å²) < 4.78 is 5.72. The molecule has 1 aliphatic heterocycles. The second kappa shape index (κ2) is 4.91. The number of hydrogen-bond donors (Lipinski definition) is 1. The molecule has 0 aromatic carbocycles. The van der Waals surface area contributed by atoms with Gasteiger partial charge in [-0.25, -0.2) is 0 Å². The third-order valence-corrected chi connectivity index (χ3v) is 3.45. The number of nitrogens with one attached hydrogen (secondary N) is 1. The van der Waals surface area contributed by atoms with E-state index in [4.69, 9.17) is 4.74 Å². The summed E-state index contributed by atoms with van der Waals surface area (Å²) in [5.74, 6) is 0. The van der Waals surface area contributed by atoms with Crippen LogP contribution in [0.4, 0.5) is 0 Å². The zero-order chi connectivity index (χ0) is 9.80. The summed E-state index contributed by atoms with van der Waals surface area (Å²) in [5.41, 5.74) is 0. The van der Waals surface area contributed by atoms with E-state index in [0.717, 1.165) is 13.1 Å². The lowest BCUT2D eigenvalue weighted by atomic mass is 10.2. The molecule has 0 spiro atoms.